The van der Waals surface area contributed by atoms with Crippen LogP contribution in [0.2, 0.25) is 20.1 Å². The van der Waals surface area contributed by atoms with Gasteiger partial charge in [0.05, 0.1) is 27.5 Å². The van der Waals surface area contributed by atoms with Crippen LogP contribution in [0.4, 0.5) is 5.69 Å². The molecule has 0 spiro atoms. The zero-order valence-electron chi connectivity index (χ0n) is 21.1. The fraction of sp³-hybridized carbons (Fsp3) is 0.138. The first-order valence-corrected chi connectivity index (χ1v) is 15.3. The number of carbonyl (C=O) groups excluding carboxylic acids is 1. The summed E-state index contributed by atoms with van der Waals surface area (Å²) in [5.74, 6) is -0.698. The van der Waals surface area contributed by atoms with Gasteiger partial charge in [-0.2, -0.15) is 5.26 Å². The molecule has 0 bridgehead atoms. The zero-order valence-corrected chi connectivity index (χ0v) is 25.0. The van der Waals surface area contributed by atoms with Crippen molar-refractivity contribution in [1.29, 1.82) is 5.26 Å². The van der Waals surface area contributed by atoms with Crippen molar-refractivity contribution in [3.63, 3.8) is 0 Å². The average molecular weight is 646 g/mol. The highest BCUT2D eigenvalue weighted by molar-refractivity contribution is 7.89. The molecule has 0 radical (unpaired) electrons. The Labute approximate surface area is 257 Å². The van der Waals surface area contributed by atoms with Crippen molar-refractivity contribution in [3.8, 4) is 6.07 Å². The summed E-state index contributed by atoms with van der Waals surface area (Å²) in [6.45, 7) is 0. The van der Waals surface area contributed by atoms with Gasteiger partial charge in [0.2, 0.25) is 10.0 Å². The predicted octanol–water partition coefficient (Wildman–Crippen LogP) is 7.41. The molecule has 1 aliphatic carbocycles. The Bertz CT molecular complexity index is 1830. The first-order chi connectivity index (χ1) is 19.5. The van der Waals surface area contributed by atoms with Crippen LogP contribution in [0.15, 0.2) is 93.2 Å². The second-order valence-corrected chi connectivity index (χ2v) is 12.6. The maximum absolute atomic E-state index is 13.5. The Morgan fingerprint density at radius 2 is 1.61 bits per heavy atom. The van der Waals surface area contributed by atoms with E-state index >= 15 is 0 Å². The van der Waals surface area contributed by atoms with Gasteiger partial charge in [0.15, 0.2) is 11.6 Å². The third-order valence-corrected chi connectivity index (χ3v) is 8.89. The lowest BCUT2D eigenvalue weighted by atomic mass is 9.75. The summed E-state index contributed by atoms with van der Waals surface area (Å²) in [5, 5.41) is 17.4. The van der Waals surface area contributed by atoms with E-state index in [4.69, 9.17) is 56.5 Å². The number of ketones is 1. The molecule has 1 heterocycles. The van der Waals surface area contributed by atoms with Crippen molar-refractivity contribution in [2.24, 2.45) is 10.1 Å². The van der Waals surface area contributed by atoms with E-state index in [9.17, 15) is 18.5 Å². The molecule has 3 aromatic rings. The van der Waals surface area contributed by atoms with Crippen LogP contribution in [0.25, 0.3) is 0 Å². The minimum atomic E-state index is -3.95. The van der Waals surface area contributed by atoms with E-state index in [0.29, 0.717) is 67.4 Å². The van der Waals surface area contributed by atoms with Gasteiger partial charge in [-0.3, -0.25) is 9.69 Å². The Balaban J connectivity index is 1.79. The first kappa shape index (κ1) is 29.3. The number of aliphatic imine (C=N–C) groups is 1. The molecular formula is C29H20Cl4N4O3S. The lowest BCUT2D eigenvalue weighted by Gasteiger charge is -2.39. The van der Waals surface area contributed by atoms with Gasteiger partial charge in [-0.25, -0.2) is 18.5 Å². The van der Waals surface area contributed by atoms with Crippen molar-refractivity contribution in [3.05, 3.63) is 115 Å². The molecule has 2 N–H and O–H groups in total. The SMILES string of the molecule is N#CC1=C(/N=C/c2ccc(Cl)cc2Cl)N(c2ccc(S(N)(=O)=O)cc2)C2=C(C(=O)CCC2)C1c1ccc(Cl)cc1Cl. The van der Waals surface area contributed by atoms with Gasteiger partial charge in [0, 0.05) is 50.2 Å². The number of hydrogen-bond acceptors (Lipinski definition) is 6. The van der Waals surface area contributed by atoms with Crippen LogP contribution in [-0.2, 0) is 14.8 Å². The van der Waals surface area contributed by atoms with Crippen molar-refractivity contribution in [1.82, 2.24) is 0 Å². The predicted molar refractivity (Wildman–Crippen MR) is 162 cm³/mol. The molecule has 0 fully saturated rings. The highest BCUT2D eigenvalue weighted by atomic mass is 35.5. The van der Waals surface area contributed by atoms with Gasteiger partial charge in [-0.1, -0.05) is 58.5 Å². The van der Waals surface area contributed by atoms with E-state index in [-0.39, 0.29) is 22.1 Å². The molecule has 5 rings (SSSR count). The Kier molecular flexibility index (Phi) is 8.31. The number of anilines is 1. The van der Waals surface area contributed by atoms with E-state index in [1.54, 1.807) is 53.4 Å². The Morgan fingerprint density at radius 3 is 2.22 bits per heavy atom. The van der Waals surface area contributed by atoms with Gasteiger partial charge >= 0.3 is 0 Å². The van der Waals surface area contributed by atoms with Crippen molar-refractivity contribution >= 4 is 74.1 Å². The largest absolute Gasteiger partial charge is 0.298 e. The molecule has 1 unspecified atom stereocenters. The fourth-order valence-corrected chi connectivity index (χ4v) is 6.51. The molecule has 7 nitrogen and oxygen atoms in total. The number of nitriles is 1. The minimum absolute atomic E-state index is 0.0829. The molecule has 2 aliphatic rings. The number of primary sulfonamides is 1. The lowest BCUT2D eigenvalue weighted by molar-refractivity contribution is -0.116. The molecule has 41 heavy (non-hydrogen) atoms. The standard InChI is InChI=1S/C29H20Cl4N4O3S/c30-17-5-4-16(23(32)12-17)15-36-29-22(14-34)27(21-11-6-18(31)13-24(21)33)28-25(2-1-3-26(28)38)37(29)19-7-9-20(10-8-19)41(35,39)40/h4-13,15,27H,1-3H2,(H2,35,39,40)/b36-15+. The van der Waals surface area contributed by atoms with Crippen molar-refractivity contribution < 1.29 is 13.2 Å². The van der Waals surface area contributed by atoms with Gasteiger partial charge in [-0.15, -0.1) is 0 Å². The monoisotopic (exact) mass is 644 g/mol. The number of hydrogen-bond donors (Lipinski definition) is 1. The molecule has 1 aliphatic heterocycles. The van der Waals surface area contributed by atoms with E-state index in [2.05, 4.69) is 6.07 Å². The third kappa shape index (κ3) is 5.80. The molecule has 12 heteroatoms. The first-order valence-electron chi connectivity index (χ1n) is 12.3. The molecule has 0 saturated heterocycles. The van der Waals surface area contributed by atoms with Crippen molar-refractivity contribution in [2.75, 3.05) is 4.90 Å². The maximum atomic E-state index is 13.5. The number of benzene rings is 3. The highest BCUT2D eigenvalue weighted by Gasteiger charge is 2.41. The van der Waals surface area contributed by atoms with Gasteiger partial charge in [0.25, 0.3) is 0 Å². The van der Waals surface area contributed by atoms with Crippen molar-refractivity contribution in [2.45, 2.75) is 30.1 Å². The number of allylic oxidation sites excluding steroid dienone is 3. The molecule has 3 aromatic carbocycles. The number of sulfonamides is 1. The quantitative estimate of drug-likeness (QED) is 0.290. The summed E-state index contributed by atoms with van der Waals surface area (Å²) in [4.78, 5) is 19.9. The molecule has 0 aromatic heterocycles. The van der Waals surface area contributed by atoms with E-state index in [0.717, 1.165) is 0 Å². The Morgan fingerprint density at radius 1 is 0.951 bits per heavy atom. The van der Waals surface area contributed by atoms with Crippen LogP contribution in [0, 0.1) is 11.3 Å². The van der Waals surface area contributed by atoms with Crippen LogP contribution in [0.1, 0.15) is 36.3 Å². The highest BCUT2D eigenvalue weighted by Crippen LogP contribution is 2.49. The van der Waals surface area contributed by atoms with Gasteiger partial charge < -0.3 is 0 Å². The third-order valence-electron chi connectivity index (χ3n) is 6.83. The molecule has 208 valence electrons. The average Bonchev–Trinajstić information content (AvgIpc) is 2.91. The fourth-order valence-electron chi connectivity index (χ4n) is 5.02. The van der Waals surface area contributed by atoms with Crippen LogP contribution >= 0.6 is 46.4 Å². The van der Waals surface area contributed by atoms with E-state index < -0.39 is 15.9 Å². The van der Waals surface area contributed by atoms with Crippen LogP contribution in [0.3, 0.4) is 0 Å². The Hall–Kier alpha value is -3.16. The summed E-state index contributed by atoms with van der Waals surface area (Å²) >= 11 is 25.3. The van der Waals surface area contributed by atoms with E-state index in [1.165, 1.54) is 18.3 Å². The summed E-state index contributed by atoms with van der Waals surface area (Å²) in [7, 11) is -3.95. The number of Topliss-reactive ketones (excluding diaryl/α,β-unsaturated/α-hetero) is 1. The number of nitrogens with two attached hydrogens (primary N) is 1. The van der Waals surface area contributed by atoms with Crippen LogP contribution in [0.5, 0.6) is 0 Å². The number of nitrogens with zero attached hydrogens (tertiary/aromatic N) is 3. The van der Waals surface area contributed by atoms with Crippen LogP contribution < -0.4 is 10.0 Å². The van der Waals surface area contributed by atoms with Gasteiger partial charge in [0.1, 0.15) is 0 Å². The summed E-state index contributed by atoms with van der Waals surface area (Å²) in [6, 6.07) is 18.0. The maximum Gasteiger partial charge on any atom is 0.238 e. The number of rotatable bonds is 5. The summed E-state index contributed by atoms with van der Waals surface area (Å²) in [6.07, 6.45) is 2.88. The second kappa shape index (κ2) is 11.6. The molecule has 0 amide bonds. The molecule has 1 atom stereocenters. The number of halogens is 4. The number of carbonyl (C=O) groups is 1. The van der Waals surface area contributed by atoms with E-state index in [1.807, 2.05) is 0 Å². The summed E-state index contributed by atoms with van der Waals surface area (Å²) < 4.78 is 23.8. The zero-order chi connectivity index (χ0) is 29.5. The second-order valence-electron chi connectivity index (χ2n) is 9.38. The smallest absolute Gasteiger partial charge is 0.238 e. The minimum Gasteiger partial charge on any atom is -0.298 e. The molecule has 0 saturated carbocycles. The normalized spacial score (nSPS) is 17.7. The topological polar surface area (TPSA) is 117 Å². The van der Waals surface area contributed by atoms with Gasteiger partial charge in [-0.05, 0) is 66.9 Å². The molecular weight excluding hydrogens is 626 g/mol. The van der Waals surface area contributed by atoms with Crippen LogP contribution in [-0.4, -0.2) is 20.4 Å². The lowest BCUT2D eigenvalue weighted by Crippen LogP contribution is -2.35. The summed E-state index contributed by atoms with van der Waals surface area (Å²) in [5.41, 5.74) is 2.80.